The van der Waals surface area contributed by atoms with Gasteiger partial charge in [-0.05, 0) is 56.7 Å². The van der Waals surface area contributed by atoms with E-state index in [2.05, 4.69) is 21.8 Å². The molecule has 1 aromatic rings. The Bertz CT molecular complexity index is 457. The predicted octanol–water partition coefficient (Wildman–Crippen LogP) is 1.85. The molecule has 0 N–H and O–H groups in total. The fourth-order valence-electron chi connectivity index (χ4n) is 3.55. The number of amides is 1. The summed E-state index contributed by atoms with van der Waals surface area (Å²) in [5.74, 6) is 1.81. The van der Waals surface area contributed by atoms with E-state index in [9.17, 15) is 4.79 Å². The topological polar surface area (TPSA) is 41.4 Å². The van der Waals surface area contributed by atoms with E-state index < -0.39 is 0 Å². The van der Waals surface area contributed by atoms with Crippen LogP contribution < -0.4 is 0 Å². The van der Waals surface area contributed by atoms with Crippen molar-refractivity contribution < 1.29 is 4.79 Å². The van der Waals surface area contributed by atoms with E-state index in [-0.39, 0.29) is 0 Å². The van der Waals surface area contributed by atoms with E-state index >= 15 is 0 Å². The number of piperidine rings is 2. The first-order valence-corrected chi connectivity index (χ1v) is 8.68. The van der Waals surface area contributed by atoms with Crippen molar-refractivity contribution in [3.8, 4) is 0 Å². The number of carbonyl (C=O) groups excluding carboxylic acids is 1. The van der Waals surface area contributed by atoms with Crippen molar-refractivity contribution in [3.05, 3.63) is 18.5 Å². The molecule has 22 heavy (non-hydrogen) atoms. The fourth-order valence-corrected chi connectivity index (χ4v) is 3.55. The van der Waals surface area contributed by atoms with Crippen LogP contribution in [-0.2, 0) is 11.3 Å². The molecule has 1 amide bonds. The zero-order valence-corrected chi connectivity index (χ0v) is 13.7. The third-order valence-corrected chi connectivity index (χ3v) is 5.21. The van der Waals surface area contributed by atoms with Crippen LogP contribution in [0, 0.1) is 11.8 Å². The maximum absolute atomic E-state index is 12.4. The van der Waals surface area contributed by atoms with Crippen LogP contribution >= 0.6 is 0 Å². The molecule has 5 nitrogen and oxygen atoms in total. The summed E-state index contributed by atoms with van der Waals surface area (Å²) < 4.78 is 2.03. The van der Waals surface area contributed by atoms with Crippen LogP contribution in [0.3, 0.4) is 0 Å². The molecule has 1 aromatic heterocycles. The van der Waals surface area contributed by atoms with Crippen molar-refractivity contribution in [2.75, 3.05) is 32.7 Å². The summed E-state index contributed by atoms with van der Waals surface area (Å²) in [5.41, 5.74) is 0. The minimum Gasteiger partial charge on any atom is -0.342 e. The van der Waals surface area contributed by atoms with Crippen LogP contribution in [0.1, 0.15) is 32.6 Å². The highest BCUT2D eigenvalue weighted by molar-refractivity contribution is 5.78. The van der Waals surface area contributed by atoms with E-state index in [4.69, 9.17) is 0 Å². The van der Waals surface area contributed by atoms with Gasteiger partial charge in [-0.3, -0.25) is 14.4 Å². The smallest absolute Gasteiger partial charge is 0.236 e. The molecule has 3 rings (SSSR count). The molecule has 0 aliphatic carbocycles. The minimum atomic E-state index is 0.331. The molecule has 0 radical (unpaired) electrons. The Labute approximate surface area is 133 Å². The standard InChI is InChI=1S/C17H28N4O/c1-15-3-11-20(12-4-15)17(22)14-19-9-5-16(6-10-19)13-21-8-2-7-18-21/h2,7-8,15-16H,3-6,9-14H2,1H3. The summed E-state index contributed by atoms with van der Waals surface area (Å²) in [5, 5.41) is 4.29. The number of likely N-dealkylation sites (tertiary alicyclic amines) is 2. The first kappa shape index (κ1) is 15.5. The molecule has 0 spiro atoms. The van der Waals surface area contributed by atoms with Gasteiger partial charge in [0, 0.05) is 32.0 Å². The van der Waals surface area contributed by atoms with Crippen molar-refractivity contribution in [2.45, 2.75) is 39.2 Å². The lowest BCUT2D eigenvalue weighted by Crippen LogP contribution is -2.46. The van der Waals surface area contributed by atoms with E-state index in [0.29, 0.717) is 18.4 Å². The van der Waals surface area contributed by atoms with Crippen molar-refractivity contribution in [1.82, 2.24) is 19.6 Å². The number of hydrogen-bond donors (Lipinski definition) is 0. The molecule has 0 bridgehead atoms. The van der Waals surface area contributed by atoms with Crippen LogP contribution in [-0.4, -0.2) is 58.2 Å². The van der Waals surface area contributed by atoms with Crippen LogP contribution in [0.25, 0.3) is 0 Å². The molecule has 2 aliphatic heterocycles. The zero-order chi connectivity index (χ0) is 15.4. The van der Waals surface area contributed by atoms with E-state index in [1.165, 1.54) is 12.8 Å². The third kappa shape index (κ3) is 4.09. The van der Waals surface area contributed by atoms with Crippen molar-refractivity contribution in [2.24, 2.45) is 11.8 Å². The highest BCUT2D eigenvalue weighted by Crippen LogP contribution is 2.20. The Morgan fingerprint density at radius 3 is 2.50 bits per heavy atom. The molecule has 3 heterocycles. The average Bonchev–Trinajstić information content (AvgIpc) is 3.03. The molecular weight excluding hydrogens is 276 g/mol. The molecule has 0 unspecified atom stereocenters. The molecule has 2 saturated heterocycles. The number of aromatic nitrogens is 2. The molecule has 0 atom stereocenters. The summed E-state index contributed by atoms with van der Waals surface area (Å²) in [6.45, 7) is 7.91. The molecule has 0 saturated carbocycles. The van der Waals surface area contributed by atoms with Gasteiger partial charge in [0.1, 0.15) is 0 Å². The predicted molar refractivity (Wildman–Crippen MR) is 86.4 cm³/mol. The summed E-state index contributed by atoms with van der Waals surface area (Å²) in [6.07, 6.45) is 8.55. The van der Waals surface area contributed by atoms with Crippen LogP contribution in [0.5, 0.6) is 0 Å². The molecule has 2 fully saturated rings. The number of rotatable bonds is 4. The number of hydrogen-bond acceptors (Lipinski definition) is 3. The minimum absolute atomic E-state index is 0.331. The quantitative estimate of drug-likeness (QED) is 0.852. The van der Waals surface area contributed by atoms with Gasteiger partial charge in [-0.1, -0.05) is 6.92 Å². The van der Waals surface area contributed by atoms with E-state index in [1.54, 1.807) is 0 Å². The van der Waals surface area contributed by atoms with Gasteiger partial charge in [0.2, 0.25) is 5.91 Å². The lowest BCUT2D eigenvalue weighted by atomic mass is 9.96. The largest absolute Gasteiger partial charge is 0.342 e. The maximum Gasteiger partial charge on any atom is 0.236 e. The lowest BCUT2D eigenvalue weighted by Gasteiger charge is -2.35. The van der Waals surface area contributed by atoms with Gasteiger partial charge < -0.3 is 4.90 Å². The van der Waals surface area contributed by atoms with Crippen molar-refractivity contribution >= 4 is 5.91 Å². The maximum atomic E-state index is 12.4. The summed E-state index contributed by atoms with van der Waals surface area (Å²) in [4.78, 5) is 16.8. The van der Waals surface area contributed by atoms with Crippen LogP contribution in [0.15, 0.2) is 18.5 Å². The fraction of sp³-hybridized carbons (Fsp3) is 0.765. The molecular formula is C17H28N4O. The first-order chi connectivity index (χ1) is 10.7. The van der Waals surface area contributed by atoms with Crippen LogP contribution in [0.4, 0.5) is 0 Å². The van der Waals surface area contributed by atoms with Gasteiger partial charge in [0.05, 0.1) is 6.54 Å². The van der Waals surface area contributed by atoms with Gasteiger partial charge in [-0.15, -0.1) is 0 Å². The highest BCUT2D eigenvalue weighted by Gasteiger charge is 2.25. The third-order valence-electron chi connectivity index (χ3n) is 5.21. The van der Waals surface area contributed by atoms with Gasteiger partial charge >= 0.3 is 0 Å². The lowest BCUT2D eigenvalue weighted by molar-refractivity contribution is -0.134. The first-order valence-electron chi connectivity index (χ1n) is 8.68. The second kappa shape index (κ2) is 7.27. The average molecular weight is 304 g/mol. The van der Waals surface area contributed by atoms with E-state index in [0.717, 1.165) is 51.5 Å². The second-order valence-electron chi connectivity index (χ2n) is 7.01. The van der Waals surface area contributed by atoms with Crippen LogP contribution in [0.2, 0.25) is 0 Å². The normalized spacial score (nSPS) is 22.1. The second-order valence-corrected chi connectivity index (χ2v) is 7.01. The summed E-state index contributed by atoms with van der Waals surface area (Å²) >= 11 is 0. The number of nitrogens with zero attached hydrogens (tertiary/aromatic N) is 4. The Hall–Kier alpha value is -1.36. The van der Waals surface area contributed by atoms with Crippen molar-refractivity contribution in [3.63, 3.8) is 0 Å². The molecule has 2 aliphatic rings. The van der Waals surface area contributed by atoms with E-state index in [1.807, 2.05) is 23.1 Å². The van der Waals surface area contributed by atoms with Gasteiger partial charge in [0.25, 0.3) is 0 Å². The monoisotopic (exact) mass is 304 g/mol. The Balaban J connectivity index is 1.39. The highest BCUT2D eigenvalue weighted by atomic mass is 16.2. The summed E-state index contributed by atoms with van der Waals surface area (Å²) in [7, 11) is 0. The number of carbonyl (C=O) groups is 1. The molecule has 0 aromatic carbocycles. The van der Waals surface area contributed by atoms with Gasteiger partial charge in [0.15, 0.2) is 0 Å². The Kier molecular flexibility index (Phi) is 5.13. The Morgan fingerprint density at radius 2 is 1.86 bits per heavy atom. The van der Waals surface area contributed by atoms with Crippen molar-refractivity contribution in [1.29, 1.82) is 0 Å². The Morgan fingerprint density at radius 1 is 1.14 bits per heavy atom. The zero-order valence-electron chi connectivity index (χ0n) is 13.7. The van der Waals surface area contributed by atoms with Gasteiger partial charge in [-0.2, -0.15) is 5.10 Å². The SMILES string of the molecule is CC1CCN(C(=O)CN2CCC(Cn3cccn3)CC2)CC1. The molecule has 5 heteroatoms. The molecule has 122 valence electrons. The van der Waals surface area contributed by atoms with Gasteiger partial charge in [-0.25, -0.2) is 0 Å². The summed E-state index contributed by atoms with van der Waals surface area (Å²) in [6, 6.07) is 1.98.